The van der Waals surface area contributed by atoms with Gasteiger partial charge in [0.25, 0.3) is 5.91 Å². The van der Waals surface area contributed by atoms with Crippen LogP contribution in [0.25, 0.3) is 0 Å². The molecule has 150 valence electrons. The van der Waals surface area contributed by atoms with Crippen LogP contribution in [0, 0.1) is 5.92 Å². The Morgan fingerprint density at radius 1 is 1.21 bits per heavy atom. The van der Waals surface area contributed by atoms with E-state index in [0.717, 1.165) is 12.8 Å². The molecule has 0 spiro atoms. The van der Waals surface area contributed by atoms with E-state index in [1.807, 2.05) is 0 Å². The minimum absolute atomic E-state index is 0.0246. The molecular formula is C20H25N3O4S. The maximum absolute atomic E-state index is 12.4. The third kappa shape index (κ3) is 5.77. The molecule has 1 saturated carbocycles. The zero-order valence-electron chi connectivity index (χ0n) is 15.9. The fourth-order valence-corrected chi connectivity index (χ4v) is 3.78. The summed E-state index contributed by atoms with van der Waals surface area (Å²) in [5.74, 6) is 0.601. The van der Waals surface area contributed by atoms with Crippen molar-refractivity contribution in [2.45, 2.75) is 32.1 Å². The highest BCUT2D eigenvalue weighted by molar-refractivity contribution is 7.13. The SMILES string of the molecule is COCCOc1cc(C(=O)Nc2nccs2)ccc1NC(=O)CC1CCCC1. The number of amides is 2. The average Bonchev–Trinajstić information content (AvgIpc) is 3.37. The van der Waals surface area contributed by atoms with Gasteiger partial charge >= 0.3 is 0 Å². The van der Waals surface area contributed by atoms with Gasteiger partial charge in [-0.25, -0.2) is 4.98 Å². The summed E-state index contributed by atoms with van der Waals surface area (Å²) < 4.78 is 10.8. The summed E-state index contributed by atoms with van der Waals surface area (Å²) in [4.78, 5) is 28.9. The number of carbonyl (C=O) groups excluding carboxylic acids is 2. The Bertz CT molecular complexity index is 789. The van der Waals surface area contributed by atoms with Crippen LogP contribution in [0.3, 0.4) is 0 Å². The third-order valence-corrected chi connectivity index (χ3v) is 5.35. The first-order valence-electron chi connectivity index (χ1n) is 9.42. The molecule has 1 aromatic heterocycles. The minimum atomic E-state index is -0.282. The average molecular weight is 404 g/mol. The van der Waals surface area contributed by atoms with Crippen molar-refractivity contribution in [3.05, 3.63) is 35.3 Å². The third-order valence-electron chi connectivity index (χ3n) is 4.66. The molecule has 8 heteroatoms. The number of nitrogens with one attached hydrogen (secondary N) is 2. The Labute approximate surface area is 168 Å². The van der Waals surface area contributed by atoms with Crippen molar-refractivity contribution in [1.29, 1.82) is 0 Å². The maximum atomic E-state index is 12.4. The highest BCUT2D eigenvalue weighted by atomic mass is 32.1. The number of rotatable bonds is 9. The standard InChI is InChI=1S/C20H25N3O4S/c1-26-9-10-27-17-13-15(19(25)23-20-21-8-11-28-20)6-7-16(17)22-18(24)12-14-4-2-3-5-14/h6-8,11,13-14H,2-5,9-10,12H2,1H3,(H,22,24)(H,21,23,25). The molecule has 1 heterocycles. The van der Waals surface area contributed by atoms with Gasteiger partial charge in [-0.2, -0.15) is 0 Å². The number of nitrogens with zero attached hydrogens (tertiary/aromatic N) is 1. The van der Waals surface area contributed by atoms with E-state index in [-0.39, 0.29) is 11.8 Å². The first-order valence-corrected chi connectivity index (χ1v) is 10.3. The molecule has 3 rings (SSSR count). The van der Waals surface area contributed by atoms with E-state index in [2.05, 4.69) is 15.6 Å². The molecule has 0 radical (unpaired) electrons. The zero-order valence-corrected chi connectivity index (χ0v) is 16.7. The lowest BCUT2D eigenvalue weighted by molar-refractivity contribution is -0.117. The van der Waals surface area contributed by atoms with Crippen LogP contribution in [0.15, 0.2) is 29.8 Å². The lowest BCUT2D eigenvalue weighted by Gasteiger charge is -2.15. The molecule has 1 aromatic carbocycles. The van der Waals surface area contributed by atoms with Gasteiger partial charge in [0.05, 0.1) is 12.3 Å². The summed E-state index contributed by atoms with van der Waals surface area (Å²) in [5.41, 5.74) is 0.987. The van der Waals surface area contributed by atoms with Crippen molar-refractivity contribution >= 4 is 34.0 Å². The molecule has 7 nitrogen and oxygen atoms in total. The highest BCUT2D eigenvalue weighted by Crippen LogP contribution is 2.30. The summed E-state index contributed by atoms with van der Waals surface area (Å²) in [7, 11) is 1.59. The molecule has 2 aromatic rings. The number of carbonyl (C=O) groups is 2. The summed E-state index contributed by atoms with van der Waals surface area (Å²) >= 11 is 1.35. The first-order chi connectivity index (χ1) is 13.7. The number of benzene rings is 1. The van der Waals surface area contributed by atoms with Crippen molar-refractivity contribution < 1.29 is 19.1 Å². The molecule has 1 aliphatic carbocycles. The zero-order chi connectivity index (χ0) is 19.8. The van der Waals surface area contributed by atoms with Crippen LogP contribution in [0.1, 0.15) is 42.5 Å². The summed E-state index contributed by atoms with van der Waals surface area (Å²) in [6.45, 7) is 0.727. The van der Waals surface area contributed by atoms with E-state index < -0.39 is 0 Å². The monoisotopic (exact) mass is 403 g/mol. The lowest BCUT2D eigenvalue weighted by atomic mass is 10.0. The van der Waals surface area contributed by atoms with Crippen LogP contribution < -0.4 is 15.4 Å². The topological polar surface area (TPSA) is 89.6 Å². The van der Waals surface area contributed by atoms with Gasteiger partial charge in [-0.3, -0.25) is 14.9 Å². The summed E-state index contributed by atoms with van der Waals surface area (Å²) in [5, 5.41) is 7.99. The molecule has 0 aliphatic heterocycles. The van der Waals surface area contributed by atoms with Crippen molar-refractivity contribution in [2.75, 3.05) is 31.0 Å². The Morgan fingerprint density at radius 2 is 2.04 bits per heavy atom. The molecule has 0 atom stereocenters. The molecule has 0 bridgehead atoms. The number of anilines is 2. The van der Waals surface area contributed by atoms with E-state index in [1.54, 1.807) is 36.9 Å². The molecule has 1 fully saturated rings. The second kappa shape index (κ2) is 10.2. The van der Waals surface area contributed by atoms with Crippen LogP contribution in [0.2, 0.25) is 0 Å². The molecule has 0 saturated heterocycles. The van der Waals surface area contributed by atoms with Crippen molar-refractivity contribution in [3.63, 3.8) is 0 Å². The number of hydrogen-bond donors (Lipinski definition) is 2. The molecule has 1 aliphatic rings. The fraction of sp³-hybridized carbons (Fsp3) is 0.450. The number of ether oxygens (including phenoxy) is 2. The quantitative estimate of drug-likeness (QED) is 0.619. The van der Waals surface area contributed by atoms with E-state index in [1.165, 1.54) is 24.2 Å². The Hall–Kier alpha value is -2.45. The van der Waals surface area contributed by atoms with Crippen LogP contribution in [-0.4, -0.2) is 37.1 Å². The molecule has 0 unspecified atom stereocenters. The second-order valence-electron chi connectivity index (χ2n) is 6.75. The maximum Gasteiger partial charge on any atom is 0.257 e. The van der Waals surface area contributed by atoms with Gasteiger partial charge in [-0.15, -0.1) is 11.3 Å². The number of thiazole rings is 1. The predicted molar refractivity (Wildman–Crippen MR) is 109 cm³/mol. The van der Waals surface area contributed by atoms with Crippen LogP contribution in [0.4, 0.5) is 10.8 Å². The van der Waals surface area contributed by atoms with Crippen LogP contribution in [0.5, 0.6) is 5.75 Å². The molecule has 28 heavy (non-hydrogen) atoms. The largest absolute Gasteiger partial charge is 0.489 e. The van der Waals surface area contributed by atoms with Gasteiger partial charge in [0.15, 0.2) is 5.13 Å². The normalized spacial score (nSPS) is 14.0. The van der Waals surface area contributed by atoms with Gasteiger partial charge in [-0.1, -0.05) is 12.8 Å². The number of methoxy groups -OCH3 is 1. The fourth-order valence-electron chi connectivity index (χ4n) is 3.25. The van der Waals surface area contributed by atoms with Crippen LogP contribution >= 0.6 is 11.3 Å². The number of aromatic nitrogens is 1. The van der Waals surface area contributed by atoms with Gasteiger partial charge in [-0.05, 0) is 37.0 Å². The Balaban J connectivity index is 1.70. The smallest absolute Gasteiger partial charge is 0.257 e. The van der Waals surface area contributed by atoms with Crippen molar-refractivity contribution in [3.8, 4) is 5.75 Å². The van der Waals surface area contributed by atoms with E-state index in [0.29, 0.717) is 47.7 Å². The van der Waals surface area contributed by atoms with E-state index in [4.69, 9.17) is 9.47 Å². The minimum Gasteiger partial charge on any atom is -0.489 e. The molecular weight excluding hydrogens is 378 g/mol. The first kappa shape index (κ1) is 20.3. The summed E-state index contributed by atoms with van der Waals surface area (Å²) in [6, 6.07) is 4.99. The Kier molecular flexibility index (Phi) is 7.39. The molecule has 2 amide bonds. The lowest BCUT2D eigenvalue weighted by Crippen LogP contribution is -2.17. The Morgan fingerprint density at radius 3 is 2.75 bits per heavy atom. The van der Waals surface area contributed by atoms with E-state index in [9.17, 15) is 9.59 Å². The van der Waals surface area contributed by atoms with Gasteiger partial charge in [0.2, 0.25) is 5.91 Å². The highest BCUT2D eigenvalue weighted by Gasteiger charge is 2.20. The number of hydrogen-bond acceptors (Lipinski definition) is 6. The molecule has 2 N–H and O–H groups in total. The predicted octanol–water partition coefficient (Wildman–Crippen LogP) is 3.94. The van der Waals surface area contributed by atoms with Gasteiger partial charge in [0.1, 0.15) is 12.4 Å². The van der Waals surface area contributed by atoms with Crippen LogP contribution in [-0.2, 0) is 9.53 Å². The van der Waals surface area contributed by atoms with Gasteiger partial charge in [0, 0.05) is 30.7 Å². The van der Waals surface area contributed by atoms with Crippen molar-refractivity contribution in [1.82, 2.24) is 4.98 Å². The summed E-state index contributed by atoms with van der Waals surface area (Å²) in [6.07, 6.45) is 6.77. The second-order valence-corrected chi connectivity index (χ2v) is 7.64. The van der Waals surface area contributed by atoms with Crippen molar-refractivity contribution in [2.24, 2.45) is 5.92 Å². The van der Waals surface area contributed by atoms with Gasteiger partial charge < -0.3 is 14.8 Å². The van der Waals surface area contributed by atoms with E-state index >= 15 is 0 Å².